The minimum atomic E-state index is 0.0958. The van der Waals surface area contributed by atoms with E-state index in [1.165, 1.54) is 0 Å². The van der Waals surface area contributed by atoms with Gasteiger partial charge in [-0.15, -0.1) is 0 Å². The van der Waals surface area contributed by atoms with Crippen molar-refractivity contribution in [1.82, 2.24) is 0 Å². The number of Topliss-reactive ketones (excluding diaryl/α,β-unsaturated/α-hetero) is 1. The maximum absolute atomic E-state index is 12.2. The molecule has 0 fully saturated rings. The first-order valence-electron chi connectivity index (χ1n) is 6.53. The lowest BCUT2D eigenvalue weighted by Gasteiger charge is -2.12. The van der Waals surface area contributed by atoms with Gasteiger partial charge in [0, 0.05) is 17.2 Å². The van der Waals surface area contributed by atoms with E-state index in [1.54, 1.807) is 17.8 Å². The van der Waals surface area contributed by atoms with Gasteiger partial charge in [0.25, 0.3) is 0 Å². The number of carbonyl (C=O) groups is 1. The Hall–Kier alpha value is -0.670. The molecule has 19 heavy (non-hydrogen) atoms. The van der Waals surface area contributed by atoms with Crippen molar-refractivity contribution in [3.05, 3.63) is 28.3 Å². The van der Waals surface area contributed by atoms with Crippen molar-refractivity contribution in [2.45, 2.75) is 39.4 Å². The van der Waals surface area contributed by atoms with Crippen LogP contribution in [-0.4, -0.2) is 23.4 Å². The Morgan fingerprint density at radius 2 is 2.11 bits per heavy atom. The third-order valence-electron chi connectivity index (χ3n) is 2.64. The molecular weight excluding hydrogens is 280 g/mol. The SMILES string of the molecule is CCOc1cc(C)c(Cl)cc1C(=O)CCSC(C)C. The zero-order valence-electron chi connectivity index (χ0n) is 12.0. The number of rotatable bonds is 7. The number of ketones is 1. The molecule has 0 aromatic heterocycles. The van der Waals surface area contributed by atoms with Crippen LogP contribution in [0.4, 0.5) is 0 Å². The van der Waals surface area contributed by atoms with Crippen molar-refractivity contribution < 1.29 is 9.53 Å². The second-order valence-electron chi connectivity index (χ2n) is 4.62. The molecule has 4 heteroatoms. The molecule has 0 aliphatic heterocycles. The topological polar surface area (TPSA) is 26.3 Å². The average molecular weight is 301 g/mol. The Morgan fingerprint density at radius 1 is 1.42 bits per heavy atom. The van der Waals surface area contributed by atoms with E-state index in [4.69, 9.17) is 16.3 Å². The third-order valence-corrected chi connectivity index (χ3v) is 4.16. The standard InChI is InChI=1S/C15H21ClO2S/c1-5-18-15-8-11(4)13(16)9-12(15)14(17)6-7-19-10(2)3/h8-10H,5-7H2,1-4H3. The van der Waals surface area contributed by atoms with E-state index in [-0.39, 0.29) is 5.78 Å². The molecule has 106 valence electrons. The highest BCUT2D eigenvalue weighted by atomic mass is 35.5. The second-order valence-corrected chi connectivity index (χ2v) is 6.71. The minimum absolute atomic E-state index is 0.0958. The monoisotopic (exact) mass is 300 g/mol. The van der Waals surface area contributed by atoms with Crippen LogP contribution in [0.5, 0.6) is 5.75 Å². The summed E-state index contributed by atoms with van der Waals surface area (Å²) >= 11 is 7.89. The molecule has 0 aliphatic rings. The van der Waals surface area contributed by atoms with Crippen LogP contribution in [0.3, 0.4) is 0 Å². The normalized spacial score (nSPS) is 10.8. The molecule has 0 saturated carbocycles. The van der Waals surface area contributed by atoms with Gasteiger partial charge in [-0.1, -0.05) is 25.4 Å². The number of aryl methyl sites for hydroxylation is 1. The molecule has 0 bridgehead atoms. The van der Waals surface area contributed by atoms with Crippen molar-refractivity contribution in [1.29, 1.82) is 0 Å². The highest BCUT2D eigenvalue weighted by Crippen LogP contribution is 2.28. The lowest BCUT2D eigenvalue weighted by molar-refractivity contribution is 0.0986. The van der Waals surface area contributed by atoms with Crippen LogP contribution in [0.15, 0.2) is 12.1 Å². The van der Waals surface area contributed by atoms with Crippen molar-refractivity contribution >= 4 is 29.1 Å². The van der Waals surface area contributed by atoms with Crippen LogP contribution in [0.2, 0.25) is 5.02 Å². The predicted octanol–water partition coefficient (Wildman–Crippen LogP) is 4.76. The Balaban J connectivity index is 2.85. The molecule has 2 nitrogen and oxygen atoms in total. The van der Waals surface area contributed by atoms with E-state index in [0.29, 0.717) is 34.6 Å². The second kappa shape index (κ2) is 7.81. The van der Waals surface area contributed by atoms with E-state index >= 15 is 0 Å². The molecule has 0 saturated heterocycles. The summed E-state index contributed by atoms with van der Waals surface area (Å²) in [6, 6.07) is 3.57. The molecule has 0 spiro atoms. The van der Waals surface area contributed by atoms with Gasteiger partial charge in [-0.05, 0) is 36.8 Å². The number of carbonyl (C=O) groups excluding carboxylic acids is 1. The van der Waals surface area contributed by atoms with Gasteiger partial charge in [0.1, 0.15) is 5.75 Å². The summed E-state index contributed by atoms with van der Waals surface area (Å²) in [6.07, 6.45) is 0.516. The Morgan fingerprint density at radius 3 is 2.68 bits per heavy atom. The molecule has 0 aliphatic carbocycles. The zero-order chi connectivity index (χ0) is 14.4. The van der Waals surface area contributed by atoms with Crippen molar-refractivity contribution in [2.75, 3.05) is 12.4 Å². The van der Waals surface area contributed by atoms with Gasteiger partial charge < -0.3 is 4.74 Å². The van der Waals surface area contributed by atoms with E-state index in [2.05, 4.69) is 13.8 Å². The maximum atomic E-state index is 12.2. The summed E-state index contributed by atoms with van der Waals surface area (Å²) in [7, 11) is 0. The first-order chi connectivity index (χ1) is 8.95. The number of hydrogen-bond donors (Lipinski definition) is 0. The summed E-state index contributed by atoms with van der Waals surface area (Å²) in [5.41, 5.74) is 1.53. The fourth-order valence-electron chi connectivity index (χ4n) is 1.67. The third kappa shape index (κ3) is 5.07. The zero-order valence-corrected chi connectivity index (χ0v) is 13.5. The van der Waals surface area contributed by atoms with Crippen LogP contribution in [0.1, 0.15) is 43.1 Å². The van der Waals surface area contributed by atoms with Crippen molar-refractivity contribution in [3.8, 4) is 5.75 Å². The van der Waals surface area contributed by atoms with Crippen LogP contribution in [-0.2, 0) is 0 Å². The van der Waals surface area contributed by atoms with Gasteiger partial charge in [0.15, 0.2) is 5.78 Å². The molecular formula is C15H21ClO2S. The quantitative estimate of drug-likeness (QED) is 0.679. The minimum Gasteiger partial charge on any atom is -0.493 e. The maximum Gasteiger partial charge on any atom is 0.167 e. The van der Waals surface area contributed by atoms with Crippen LogP contribution >= 0.6 is 23.4 Å². The van der Waals surface area contributed by atoms with E-state index < -0.39 is 0 Å². The van der Waals surface area contributed by atoms with Crippen molar-refractivity contribution in [3.63, 3.8) is 0 Å². The summed E-state index contributed by atoms with van der Waals surface area (Å²) in [6.45, 7) is 8.62. The number of halogens is 1. The first kappa shape index (κ1) is 16.4. The smallest absolute Gasteiger partial charge is 0.167 e. The summed E-state index contributed by atoms with van der Waals surface area (Å²) in [5, 5.41) is 1.16. The molecule has 0 radical (unpaired) electrons. The van der Waals surface area contributed by atoms with Crippen LogP contribution in [0.25, 0.3) is 0 Å². The van der Waals surface area contributed by atoms with Gasteiger partial charge in [-0.2, -0.15) is 11.8 Å². The average Bonchev–Trinajstić information content (AvgIpc) is 2.33. The molecule has 0 atom stereocenters. The number of benzene rings is 1. The Bertz CT molecular complexity index is 444. The lowest BCUT2D eigenvalue weighted by Crippen LogP contribution is -2.06. The molecule has 0 heterocycles. The van der Waals surface area contributed by atoms with Crippen LogP contribution in [0, 0.1) is 6.92 Å². The van der Waals surface area contributed by atoms with Gasteiger partial charge >= 0.3 is 0 Å². The van der Waals surface area contributed by atoms with Gasteiger partial charge in [0.2, 0.25) is 0 Å². The summed E-state index contributed by atoms with van der Waals surface area (Å²) < 4.78 is 5.54. The number of ether oxygens (including phenoxy) is 1. The Labute approximate surface area is 124 Å². The highest BCUT2D eigenvalue weighted by molar-refractivity contribution is 7.99. The summed E-state index contributed by atoms with van der Waals surface area (Å²) in [5.74, 6) is 1.57. The molecule has 1 rings (SSSR count). The van der Waals surface area contributed by atoms with E-state index in [1.807, 2.05) is 19.9 Å². The van der Waals surface area contributed by atoms with E-state index in [9.17, 15) is 4.79 Å². The Kier molecular flexibility index (Phi) is 6.73. The number of hydrogen-bond acceptors (Lipinski definition) is 3. The molecule has 1 aromatic rings. The van der Waals surface area contributed by atoms with E-state index in [0.717, 1.165) is 11.3 Å². The molecule has 1 aromatic carbocycles. The van der Waals surface area contributed by atoms with Gasteiger partial charge in [0.05, 0.1) is 12.2 Å². The molecule has 0 N–H and O–H groups in total. The van der Waals surface area contributed by atoms with Gasteiger partial charge in [-0.25, -0.2) is 0 Å². The van der Waals surface area contributed by atoms with Gasteiger partial charge in [-0.3, -0.25) is 4.79 Å². The first-order valence-corrected chi connectivity index (χ1v) is 7.96. The largest absolute Gasteiger partial charge is 0.493 e. The highest BCUT2D eigenvalue weighted by Gasteiger charge is 2.15. The molecule has 0 amide bonds. The summed E-state index contributed by atoms with van der Waals surface area (Å²) in [4.78, 5) is 12.2. The molecule has 0 unspecified atom stereocenters. The fourth-order valence-corrected chi connectivity index (χ4v) is 2.61. The predicted molar refractivity (Wildman–Crippen MR) is 83.9 cm³/mol. The van der Waals surface area contributed by atoms with Crippen molar-refractivity contribution in [2.24, 2.45) is 0 Å². The fraction of sp³-hybridized carbons (Fsp3) is 0.533. The lowest BCUT2D eigenvalue weighted by atomic mass is 10.1. The number of thioether (sulfide) groups is 1. The van der Waals surface area contributed by atoms with Crippen LogP contribution < -0.4 is 4.74 Å².